The second-order valence-corrected chi connectivity index (χ2v) is 4.61. The van der Waals surface area contributed by atoms with Crippen LogP contribution in [0.1, 0.15) is 12.1 Å². The number of nitrogens with zero attached hydrogens (tertiary/aromatic N) is 3. The minimum absolute atomic E-state index is 0.0865. The lowest BCUT2D eigenvalue weighted by molar-refractivity contribution is -0.117. The summed E-state index contributed by atoms with van der Waals surface area (Å²) in [7, 11) is 0. The van der Waals surface area contributed by atoms with Crippen molar-refractivity contribution in [1.82, 2.24) is 4.98 Å². The summed E-state index contributed by atoms with van der Waals surface area (Å²) < 4.78 is 0. The first-order chi connectivity index (χ1) is 7.20. The lowest BCUT2D eigenvalue weighted by Crippen LogP contribution is -2.24. The highest BCUT2D eigenvalue weighted by molar-refractivity contribution is 9.09. The molecule has 0 aromatic carbocycles. The summed E-state index contributed by atoms with van der Waals surface area (Å²) in [6.45, 7) is 0.659. The van der Waals surface area contributed by atoms with Crippen LogP contribution in [-0.2, 0) is 4.79 Å². The van der Waals surface area contributed by atoms with Crippen molar-refractivity contribution in [3.63, 3.8) is 0 Å². The van der Waals surface area contributed by atoms with Gasteiger partial charge in [0.2, 0.25) is 5.91 Å². The molecule has 1 aromatic heterocycles. The monoisotopic (exact) mass is 265 g/mol. The van der Waals surface area contributed by atoms with Crippen molar-refractivity contribution in [2.24, 2.45) is 0 Å². The van der Waals surface area contributed by atoms with Gasteiger partial charge in [-0.15, -0.1) is 0 Å². The van der Waals surface area contributed by atoms with Gasteiger partial charge in [-0.3, -0.25) is 4.79 Å². The fraction of sp³-hybridized carbons (Fsp3) is 0.300. The van der Waals surface area contributed by atoms with E-state index in [1.54, 1.807) is 23.2 Å². The average Bonchev–Trinajstić information content (AvgIpc) is 2.58. The van der Waals surface area contributed by atoms with Crippen LogP contribution in [0.4, 0.5) is 5.69 Å². The van der Waals surface area contributed by atoms with Crippen LogP contribution < -0.4 is 4.90 Å². The van der Waals surface area contributed by atoms with Crippen LogP contribution in [0.25, 0.3) is 0 Å². The van der Waals surface area contributed by atoms with E-state index in [0.29, 0.717) is 18.7 Å². The second-order valence-electron chi connectivity index (χ2n) is 3.32. The van der Waals surface area contributed by atoms with E-state index in [4.69, 9.17) is 5.26 Å². The Bertz CT molecular complexity index is 423. The van der Waals surface area contributed by atoms with E-state index in [2.05, 4.69) is 20.9 Å². The summed E-state index contributed by atoms with van der Waals surface area (Å²) in [6, 6.07) is 5.30. The van der Waals surface area contributed by atoms with Crippen molar-refractivity contribution in [2.45, 2.75) is 11.2 Å². The molecule has 76 valence electrons. The first-order valence-electron chi connectivity index (χ1n) is 4.51. The lowest BCUT2D eigenvalue weighted by Gasteiger charge is -2.14. The zero-order chi connectivity index (χ0) is 10.8. The lowest BCUT2D eigenvalue weighted by atomic mass is 10.3. The van der Waals surface area contributed by atoms with E-state index in [9.17, 15) is 4.79 Å². The molecule has 0 saturated carbocycles. The Morgan fingerprint density at radius 3 is 2.87 bits per heavy atom. The molecule has 1 atom stereocenters. The molecule has 1 unspecified atom stereocenters. The molecule has 1 amide bonds. The topological polar surface area (TPSA) is 57.0 Å². The van der Waals surface area contributed by atoms with Crippen LogP contribution in [0.2, 0.25) is 0 Å². The quantitative estimate of drug-likeness (QED) is 0.723. The Kier molecular flexibility index (Phi) is 2.69. The third-order valence-corrected chi connectivity index (χ3v) is 2.87. The predicted octanol–water partition coefficient (Wildman–Crippen LogP) is 1.45. The number of amides is 1. The molecule has 1 fully saturated rings. The molecule has 0 bridgehead atoms. The Labute approximate surface area is 95.7 Å². The Balaban J connectivity index is 2.23. The van der Waals surface area contributed by atoms with Crippen LogP contribution in [0, 0.1) is 11.3 Å². The highest BCUT2D eigenvalue weighted by Gasteiger charge is 2.28. The van der Waals surface area contributed by atoms with E-state index in [1.165, 1.54) is 0 Å². The molecular formula is C10H8BrN3O. The van der Waals surface area contributed by atoms with E-state index < -0.39 is 0 Å². The van der Waals surface area contributed by atoms with E-state index in [-0.39, 0.29) is 10.7 Å². The number of hydrogen-bond acceptors (Lipinski definition) is 3. The molecule has 0 radical (unpaired) electrons. The first kappa shape index (κ1) is 10.1. The molecule has 0 N–H and O–H groups in total. The van der Waals surface area contributed by atoms with Crippen LogP contribution in [0.3, 0.4) is 0 Å². The van der Waals surface area contributed by atoms with Gasteiger partial charge in [0.1, 0.15) is 11.8 Å². The third kappa shape index (κ3) is 2.00. The van der Waals surface area contributed by atoms with Crippen LogP contribution in [0.15, 0.2) is 18.3 Å². The number of pyridine rings is 1. The van der Waals surface area contributed by atoms with Gasteiger partial charge in [0.25, 0.3) is 0 Å². The van der Waals surface area contributed by atoms with Gasteiger partial charge in [0.15, 0.2) is 0 Å². The molecule has 0 aliphatic carbocycles. The van der Waals surface area contributed by atoms with Crippen molar-refractivity contribution >= 4 is 27.5 Å². The number of rotatable bonds is 1. The molecule has 15 heavy (non-hydrogen) atoms. The highest BCUT2D eigenvalue weighted by Crippen LogP contribution is 2.24. The fourth-order valence-corrected chi connectivity index (χ4v) is 2.09. The zero-order valence-corrected chi connectivity index (χ0v) is 9.44. The molecule has 2 heterocycles. The SMILES string of the molecule is N#Cc1ccc(N2CC(Br)CC2=O)cn1. The van der Waals surface area contributed by atoms with Gasteiger partial charge in [-0.2, -0.15) is 5.26 Å². The second kappa shape index (κ2) is 3.99. The largest absolute Gasteiger partial charge is 0.310 e. The minimum Gasteiger partial charge on any atom is -0.310 e. The standard InChI is InChI=1S/C10H8BrN3O/c11-7-3-10(15)14(6-7)9-2-1-8(4-12)13-5-9/h1-2,5,7H,3,6H2. The Morgan fingerprint density at radius 1 is 1.60 bits per heavy atom. The van der Waals surface area contributed by atoms with Gasteiger partial charge in [0, 0.05) is 17.8 Å². The number of hydrogen-bond donors (Lipinski definition) is 0. The van der Waals surface area contributed by atoms with Gasteiger partial charge in [-0.25, -0.2) is 4.98 Å². The smallest absolute Gasteiger partial charge is 0.228 e. The van der Waals surface area contributed by atoms with Gasteiger partial charge < -0.3 is 4.90 Å². The van der Waals surface area contributed by atoms with Crippen LogP contribution in [-0.4, -0.2) is 22.3 Å². The summed E-state index contributed by atoms with van der Waals surface area (Å²) in [5.41, 5.74) is 1.11. The molecule has 1 aliphatic heterocycles. The molecule has 2 rings (SSSR count). The molecule has 1 aromatic rings. The first-order valence-corrected chi connectivity index (χ1v) is 5.43. The molecule has 0 spiro atoms. The van der Waals surface area contributed by atoms with Gasteiger partial charge >= 0.3 is 0 Å². The average molecular weight is 266 g/mol. The number of nitriles is 1. The Morgan fingerprint density at radius 2 is 2.40 bits per heavy atom. The number of alkyl halides is 1. The number of anilines is 1. The van der Waals surface area contributed by atoms with E-state index in [0.717, 1.165) is 5.69 Å². The van der Waals surface area contributed by atoms with Crippen molar-refractivity contribution < 1.29 is 4.79 Å². The molecular weight excluding hydrogens is 258 g/mol. The van der Waals surface area contributed by atoms with Gasteiger partial charge in [-0.05, 0) is 12.1 Å². The van der Waals surface area contributed by atoms with Crippen molar-refractivity contribution in [1.29, 1.82) is 5.26 Å². The summed E-state index contributed by atoms with van der Waals surface area (Å²) in [6.07, 6.45) is 2.07. The normalized spacial score (nSPS) is 20.4. The summed E-state index contributed by atoms with van der Waals surface area (Å²) in [4.78, 5) is 17.4. The zero-order valence-electron chi connectivity index (χ0n) is 7.85. The maximum Gasteiger partial charge on any atom is 0.228 e. The Hall–Kier alpha value is -1.41. The minimum atomic E-state index is 0.0865. The predicted molar refractivity (Wildman–Crippen MR) is 58.6 cm³/mol. The maximum absolute atomic E-state index is 11.5. The summed E-state index contributed by atoms with van der Waals surface area (Å²) in [5.74, 6) is 0.0865. The van der Waals surface area contributed by atoms with Gasteiger partial charge in [-0.1, -0.05) is 15.9 Å². The van der Waals surface area contributed by atoms with Crippen molar-refractivity contribution in [2.75, 3.05) is 11.4 Å². The summed E-state index contributed by atoms with van der Waals surface area (Å²) in [5, 5.41) is 8.59. The fourth-order valence-electron chi connectivity index (χ4n) is 1.53. The van der Waals surface area contributed by atoms with Gasteiger partial charge in [0.05, 0.1) is 11.9 Å². The highest BCUT2D eigenvalue weighted by atomic mass is 79.9. The molecule has 4 nitrogen and oxygen atoms in total. The van der Waals surface area contributed by atoms with Crippen LogP contribution in [0.5, 0.6) is 0 Å². The molecule has 5 heteroatoms. The number of aromatic nitrogens is 1. The van der Waals surface area contributed by atoms with Crippen molar-refractivity contribution in [3.05, 3.63) is 24.0 Å². The summed E-state index contributed by atoms with van der Waals surface area (Å²) >= 11 is 3.41. The maximum atomic E-state index is 11.5. The van der Waals surface area contributed by atoms with Crippen LogP contribution >= 0.6 is 15.9 Å². The number of carbonyl (C=O) groups excluding carboxylic acids is 1. The number of halogens is 1. The molecule has 1 aliphatic rings. The van der Waals surface area contributed by atoms with E-state index >= 15 is 0 Å². The van der Waals surface area contributed by atoms with Crippen molar-refractivity contribution in [3.8, 4) is 6.07 Å². The molecule has 1 saturated heterocycles. The third-order valence-electron chi connectivity index (χ3n) is 2.25. The van der Waals surface area contributed by atoms with E-state index in [1.807, 2.05) is 6.07 Å². The number of carbonyl (C=O) groups is 1.